The van der Waals surface area contributed by atoms with E-state index >= 15 is 0 Å². The highest BCUT2D eigenvalue weighted by molar-refractivity contribution is 5.55. The molecule has 0 unspecified atom stereocenters. The number of aldehydes is 1. The van der Waals surface area contributed by atoms with Gasteiger partial charge in [0.2, 0.25) is 0 Å². The topological polar surface area (TPSA) is 81.5 Å². The van der Waals surface area contributed by atoms with Gasteiger partial charge >= 0.3 is 6.18 Å². The summed E-state index contributed by atoms with van der Waals surface area (Å²) in [7, 11) is 0. The number of nitro groups is 1. The molecule has 0 aliphatic heterocycles. The number of carbonyl (C=O) groups excluding carboxylic acids is 1. The second-order valence-corrected chi connectivity index (χ2v) is 5.60. The van der Waals surface area contributed by atoms with E-state index in [-0.39, 0.29) is 24.4 Å². The highest BCUT2D eigenvalue weighted by atomic mass is 19.4. The van der Waals surface area contributed by atoms with Crippen molar-refractivity contribution in [2.45, 2.75) is 44.0 Å². The van der Waals surface area contributed by atoms with Crippen molar-refractivity contribution < 1.29 is 27.6 Å². The largest absolute Gasteiger partial charge is 0.423 e. The Kier molecular flexibility index (Phi) is 5.76. The number of hydrogen-bond acceptors (Lipinski definition) is 5. The van der Waals surface area contributed by atoms with E-state index in [9.17, 15) is 28.1 Å². The number of carbonyl (C=O) groups is 1. The molecule has 1 aliphatic rings. The van der Waals surface area contributed by atoms with E-state index in [0.717, 1.165) is 12.1 Å². The summed E-state index contributed by atoms with van der Waals surface area (Å²) in [6.07, 6.45) is -1.37. The van der Waals surface area contributed by atoms with Gasteiger partial charge in [-0.3, -0.25) is 10.1 Å². The van der Waals surface area contributed by atoms with Crippen LogP contribution in [-0.2, 0) is 15.7 Å². The number of ether oxygens (including phenoxy) is 1. The molecule has 1 fully saturated rings. The zero-order valence-corrected chi connectivity index (χ0v) is 12.7. The Labute approximate surface area is 136 Å². The standard InChI is InChI=1S/C15H17F3N2O4/c16-15(17,18)13-9-11(3-6-14(13)20(22)23)19-10-1-4-12(5-2-10)24-8-7-21/h3,6-7,9-10,12,19H,1-2,4-5,8H2. The molecule has 2 rings (SSSR count). The SMILES string of the molecule is O=CCOC1CCC(Nc2ccc([N+](=O)[O-])c(C(F)(F)F)c2)CC1. The quantitative estimate of drug-likeness (QED) is 0.484. The third-order valence-corrected chi connectivity index (χ3v) is 3.94. The molecule has 0 saturated heterocycles. The summed E-state index contributed by atoms with van der Waals surface area (Å²) in [5, 5.41) is 13.7. The molecule has 1 aromatic carbocycles. The molecule has 0 atom stereocenters. The Balaban J connectivity index is 2.03. The van der Waals surface area contributed by atoms with E-state index in [0.29, 0.717) is 32.0 Å². The number of rotatable bonds is 6. The van der Waals surface area contributed by atoms with Gasteiger partial charge in [0, 0.05) is 17.8 Å². The lowest BCUT2D eigenvalue weighted by atomic mass is 9.92. The van der Waals surface area contributed by atoms with Gasteiger partial charge in [0.15, 0.2) is 0 Å². The van der Waals surface area contributed by atoms with Crippen LogP contribution in [0.1, 0.15) is 31.2 Å². The summed E-state index contributed by atoms with van der Waals surface area (Å²) in [4.78, 5) is 20.0. The van der Waals surface area contributed by atoms with E-state index in [2.05, 4.69) is 5.32 Å². The molecular formula is C15H17F3N2O4. The second kappa shape index (κ2) is 7.61. The van der Waals surface area contributed by atoms with Crippen LogP contribution >= 0.6 is 0 Å². The van der Waals surface area contributed by atoms with Crippen LogP contribution < -0.4 is 5.32 Å². The zero-order valence-electron chi connectivity index (χ0n) is 12.7. The van der Waals surface area contributed by atoms with E-state index in [1.165, 1.54) is 6.07 Å². The van der Waals surface area contributed by atoms with Crippen molar-refractivity contribution in [1.82, 2.24) is 0 Å². The summed E-state index contributed by atoms with van der Waals surface area (Å²) in [5.41, 5.74) is -2.02. The van der Waals surface area contributed by atoms with Gasteiger partial charge in [0.1, 0.15) is 18.5 Å². The Hall–Kier alpha value is -2.16. The van der Waals surface area contributed by atoms with Gasteiger partial charge in [0.05, 0.1) is 11.0 Å². The van der Waals surface area contributed by atoms with Crippen molar-refractivity contribution >= 4 is 17.7 Å². The number of alkyl halides is 3. The van der Waals surface area contributed by atoms with Gasteiger partial charge in [0.25, 0.3) is 5.69 Å². The number of hydrogen-bond donors (Lipinski definition) is 1. The fourth-order valence-electron chi connectivity index (χ4n) is 2.80. The highest BCUT2D eigenvalue weighted by Crippen LogP contribution is 2.38. The summed E-state index contributed by atoms with van der Waals surface area (Å²) in [5.74, 6) is 0. The lowest BCUT2D eigenvalue weighted by Gasteiger charge is -2.29. The van der Waals surface area contributed by atoms with Gasteiger partial charge in [-0.2, -0.15) is 13.2 Å². The molecule has 1 N–H and O–H groups in total. The van der Waals surface area contributed by atoms with Crippen LogP contribution in [0, 0.1) is 10.1 Å². The van der Waals surface area contributed by atoms with Crippen LogP contribution in [0.2, 0.25) is 0 Å². The average molecular weight is 346 g/mol. The third-order valence-electron chi connectivity index (χ3n) is 3.94. The first-order chi connectivity index (χ1) is 11.3. The molecule has 0 aromatic heterocycles. The molecule has 1 saturated carbocycles. The fourth-order valence-corrected chi connectivity index (χ4v) is 2.80. The van der Waals surface area contributed by atoms with Gasteiger partial charge in [-0.15, -0.1) is 0 Å². The van der Waals surface area contributed by atoms with Crippen molar-refractivity contribution in [3.05, 3.63) is 33.9 Å². The van der Waals surface area contributed by atoms with E-state index < -0.39 is 22.4 Å². The predicted octanol–water partition coefficient (Wildman–Crippen LogP) is 3.55. The average Bonchev–Trinajstić information content (AvgIpc) is 2.53. The lowest BCUT2D eigenvalue weighted by Crippen LogP contribution is -2.30. The van der Waals surface area contributed by atoms with Crippen LogP contribution in [0.5, 0.6) is 0 Å². The molecule has 6 nitrogen and oxygen atoms in total. The maximum Gasteiger partial charge on any atom is 0.423 e. The first-order valence-corrected chi connectivity index (χ1v) is 7.48. The highest BCUT2D eigenvalue weighted by Gasteiger charge is 2.38. The second-order valence-electron chi connectivity index (χ2n) is 5.60. The van der Waals surface area contributed by atoms with E-state index in [4.69, 9.17) is 4.74 Å². The van der Waals surface area contributed by atoms with Crippen molar-refractivity contribution in [1.29, 1.82) is 0 Å². The van der Waals surface area contributed by atoms with E-state index in [1.807, 2.05) is 0 Å². The monoisotopic (exact) mass is 346 g/mol. The maximum absolute atomic E-state index is 13.0. The van der Waals surface area contributed by atoms with Crippen LogP contribution in [0.25, 0.3) is 0 Å². The molecule has 132 valence electrons. The number of benzene rings is 1. The van der Waals surface area contributed by atoms with Crippen molar-refractivity contribution in [3.63, 3.8) is 0 Å². The van der Waals surface area contributed by atoms with Gasteiger partial charge in [-0.25, -0.2) is 0 Å². The first-order valence-electron chi connectivity index (χ1n) is 7.48. The molecule has 0 spiro atoms. The number of halogens is 3. The Morgan fingerprint density at radius 1 is 1.29 bits per heavy atom. The minimum Gasteiger partial charge on any atom is -0.382 e. The summed E-state index contributed by atoms with van der Waals surface area (Å²) in [6, 6.07) is 2.88. The Bertz CT molecular complexity index is 599. The molecule has 9 heteroatoms. The maximum atomic E-state index is 13.0. The molecular weight excluding hydrogens is 329 g/mol. The Morgan fingerprint density at radius 2 is 1.96 bits per heavy atom. The minimum atomic E-state index is -4.79. The first kappa shape index (κ1) is 18.2. The number of anilines is 1. The minimum absolute atomic E-state index is 0.0177. The normalized spacial score (nSPS) is 21.3. The van der Waals surface area contributed by atoms with Crippen LogP contribution in [0.15, 0.2) is 18.2 Å². The third kappa shape index (κ3) is 4.67. The van der Waals surface area contributed by atoms with Crippen molar-refractivity contribution in [2.24, 2.45) is 0 Å². The zero-order chi connectivity index (χ0) is 17.7. The number of nitrogens with one attached hydrogen (secondary N) is 1. The predicted molar refractivity (Wildman–Crippen MR) is 79.8 cm³/mol. The van der Waals surface area contributed by atoms with Crippen molar-refractivity contribution in [3.8, 4) is 0 Å². The molecule has 1 aromatic rings. The van der Waals surface area contributed by atoms with Gasteiger partial charge in [-0.05, 0) is 37.8 Å². The Morgan fingerprint density at radius 3 is 2.50 bits per heavy atom. The number of nitro benzene ring substituents is 1. The molecule has 24 heavy (non-hydrogen) atoms. The van der Waals surface area contributed by atoms with Crippen LogP contribution in [-0.4, -0.2) is 30.0 Å². The molecule has 1 aliphatic carbocycles. The smallest absolute Gasteiger partial charge is 0.382 e. The number of nitrogens with zero attached hydrogens (tertiary/aromatic N) is 1. The molecule has 0 radical (unpaired) electrons. The van der Waals surface area contributed by atoms with Crippen molar-refractivity contribution in [2.75, 3.05) is 11.9 Å². The summed E-state index contributed by atoms with van der Waals surface area (Å²) < 4.78 is 44.2. The fraction of sp³-hybridized carbons (Fsp3) is 0.533. The van der Waals surface area contributed by atoms with Gasteiger partial charge < -0.3 is 14.8 Å². The molecule has 0 heterocycles. The van der Waals surface area contributed by atoms with Gasteiger partial charge in [-0.1, -0.05) is 0 Å². The molecule has 0 bridgehead atoms. The van der Waals surface area contributed by atoms with Crippen LogP contribution in [0.3, 0.4) is 0 Å². The van der Waals surface area contributed by atoms with Crippen LogP contribution in [0.4, 0.5) is 24.5 Å². The summed E-state index contributed by atoms with van der Waals surface area (Å²) >= 11 is 0. The molecule has 0 amide bonds. The summed E-state index contributed by atoms with van der Waals surface area (Å²) in [6.45, 7) is 0.0417. The lowest BCUT2D eigenvalue weighted by molar-refractivity contribution is -0.388. The van der Waals surface area contributed by atoms with E-state index in [1.54, 1.807) is 0 Å².